The standard InChI is InChI=1S/C33H37FN4O4S/c1-21-26(25-9-8-23(34)18-28(25)27(21)19-31(39)35-20-24-7-6-10-37(24)3)15-22-16-29(41-4)32(30(17-22)42-5)43-33(40)38-13-11-36(2)12-14-38/h6-10,15-18H,11-14,19-20H2,1-5H3,(H,35,39)/b26-15-. The molecule has 5 rings (SSSR count). The Morgan fingerprint density at radius 2 is 1.70 bits per heavy atom. The maximum atomic E-state index is 14.4. The van der Waals surface area contributed by atoms with Crippen LogP contribution in [-0.2, 0) is 18.4 Å². The lowest BCUT2D eigenvalue weighted by molar-refractivity contribution is -0.120. The maximum Gasteiger partial charge on any atom is 0.286 e. The highest BCUT2D eigenvalue weighted by Gasteiger charge is 2.27. The van der Waals surface area contributed by atoms with E-state index in [-0.39, 0.29) is 23.4 Å². The van der Waals surface area contributed by atoms with Crippen LogP contribution >= 0.6 is 11.8 Å². The van der Waals surface area contributed by atoms with E-state index in [9.17, 15) is 14.0 Å². The Balaban J connectivity index is 1.43. The van der Waals surface area contributed by atoms with E-state index in [4.69, 9.17) is 9.47 Å². The van der Waals surface area contributed by atoms with E-state index in [0.29, 0.717) is 41.6 Å². The van der Waals surface area contributed by atoms with E-state index < -0.39 is 0 Å². The Bertz CT molecular complexity index is 1580. The molecule has 0 radical (unpaired) electrons. The molecular weight excluding hydrogens is 567 g/mol. The first-order chi connectivity index (χ1) is 20.7. The summed E-state index contributed by atoms with van der Waals surface area (Å²) in [7, 11) is 7.12. The van der Waals surface area contributed by atoms with Crippen LogP contribution < -0.4 is 14.8 Å². The van der Waals surface area contributed by atoms with Crippen LogP contribution in [0.1, 0.15) is 35.7 Å². The number of halogens is 1. The van der Waals surface area contributed by atoms with Crippen molar-refractivity contribution in [1.82, 2.24) is 19.7 Å². The second-order valence-corrected chi connectivity index (χ2v) is 11.8. The van der Waals surface area contributed by atoms with Gasteiger partial charge in [-0.25, -0.2) is 4.39 Å². The monoisotopic (exact) mass is 604 g/mol. The number of thioether (sulfide) groups is 1. The van der Waals surface area contributed by atoms with Crippen LogP contribution in [0.2, 0.25) is 0 Å². The van der Waals surface area contributed by atoms with E-state index in [1.807, 2.05) is 67.0 Å². The number of benzene rings is 2. The van der Waals surface area contributed by atoms with Gasteiger partial charge in [0.2, 0.25) is 5.91 Å². The number of fused-ring (bicyclic) bond motifs is 1. The van der Waals surface area contributed by atoms with Crippen LogP contribution in [0.5, 0.6) is 11.5 Å². The molecular formula is C33H37FN4O4S. The van der Waals surface area contributed by atoms with Crippen molar-refractivity contribution in [3.05, 3.63) is 82.4 Å². The predicted molar refractivity (Wildman–Crippen MR) is 169 cm³/mol. The highest BCUT2D eigenvalue weighted by Crippen LogP contribution is 2.46. The van der Waals surface area contributed by atoms with Gasteiger partial charge in [0.25, 0.3) is 5.24 Å². The summed E-state index contributed by atoms with van der Waals surface area (Å²) in [6, 6.07) is 12.3. The lowest BCUT2D eigenvalue weighted by atomic mass is 10.0. The zero-order valence-corrected chi connectivity index (χ0v) is 26.0. The summed E-state index contributed by atoms with van der Waals surface area (Å²) >= 11 is 1.11. The number of aryl methyl sites for hydroxylation is 1. The van der Waals surface area contributed by atoms with Crippen LogP contribution in [0.4, 0.5) is 9.18 Å². The third kappa shape index (κ3) is 6.65. The third-order valence-electron chi connectivity index (χ3n) is 8.05. The van der Waals surface area contributed by atoms with Crippen LogP contribution in [0.15, 0.2) is 59.1 Å². The Kier molecular flexibility index (Phi) is 9.27. The molecule has 1 aromatic heterocycles. The SMILES string of the molecule is COc1cc(/C=C2/C(C)=C(CC(=O)NCc3cccn3C)c3cc(F)ccc32)cc(OC)c1SC(=O)N1CCN(C)CC1. The number of carbonyl (C=O) groups excluding carboxylic acids is 2. The number of methoxy groups -OCH3 is 2. The van der Waals surface area contributed by atoms with E-state index >= 15 is 0 Å². The average Bonchev–Trinajstić information content (AvgIpc) is 3.52. The molecule has 2 heterocycles. The van der Waals surface area contributed by atoms with Crippen molar-refractivity contribution in [3.8, 4) is 11.5 Å². The molecule has 8 nitrogen and oxygen atoms in total. The fourth-order valence-electron chi connectivity index (χ4n) is 5.47. The number of rotatable bonds is 8. The van der Waals surface area contributed by atoms with Gasteiger partial charge in [0.1, 0.15) is 22.2 Å². The number of likely N-dealkylation sites (N-methyl/N-ethyl adjacent to an activating group) is 1. The van der Waals surface area contributed by atoms with Crippen LogP contribution in [0.3, 0.4) is 0 Å². The Hall–Kier alpha value is -4.02. The molecule has 0 spiro atoms. The quantitative estimate of drug-likeness (QED) is 0.334. The normalized spacial score (nSPS) is 16.0. The van der Waals surface area contributed by atoms with E-state index in [0.717, 1.165) is 58.4 Å². The van der Waals surface area contributed by atoms with Gasteiger partial charge >= 0.3 is 0 Å². The van der Waals surface area contributed by atoms with E-state index in [2.05, 4.69) is 10.2 Å². The van der Waals surface area contributed by atoms with Gasteiger partial charge in [-0.15, -0.1) is 0 Å². The number of nitrogens with one attached hydrogen (secondary N) is 1. The number of carbonyl (C=O) groups is 2. The largest absolute Gasteiger partial charge is 0.495 e. The third-order valence-corrected chi connectivity index (χ3v) is 9.09. The van der Waals surface area contributed by atoms with Crippen LogP contribution in [-0.4, -0.2) is 73.0 Å². The Morgan fingerprint density at radius 1 is 1.00 bits per heavy atom. The zero-order valence-electron chi connectivity index (χ0n) is 25.2. The summed E-state index contributed by atoms with van der Waals surface area (Å²) in [5, 5.41) is 2.94. The van der Waals surface area contributed by atoms with Gasteiger partial charge in [-0.3, -0.25) is 9.59 Å². The number of hydrogen-bond acceptors (Lipinski definition) is 6. The number of ether oxygens (including phenoxy) is 2. The average molecular weight is 605 g/mol. The molecule has 1 aliphatic carbocycles. The molecule has 10 heteroatoms. The van der Waals surface area contributed by atoms with Gasteiger partial charge in [-0.1, -0.05) is 6.07 Å². The van der Waals surface area contributed by atoms with Gasteiger partial charge in [0.05, 0.1) is 27.2 Å². The molecule has 0 bridgehead atoms. The molecule has 3 aromatic rings. The first-order valence-electron chi connectivity index (χ1n) is 14.2. The molecule has 1 N–H and O–H groups in total. The Labute approximate surface area is 256 Å². The van der Waals surface area contributed by atoms with Crippen molar-refractivity contribution >= 4 is 40.1 Å². The van der Waals surface area contributed by atoms with Gasteiger partial charge in [0.15, 0.2) is 0 Å². The van der Waals surface area contributed by atoms with Crippen molar-refractivity contribution in [2.24, 2.45) is 7.05 Å². The van der Waals surface area contributed by atoms with Crippen molar-refractivity contribution < 1.29 is 23.5 Å². The molecule has 1 saturated heterocycles. The highest BCUT2D eigenvalue weighted by molar-refractivity contribution is 8.13. The molecule has 2 aromatic carbocycles. The second kappa shape index (κ2) is 13.1. The predicted octanol–water partition coefficient (Wildman–Crippen LogP) is 5.68. The first-order valence-corrected chi connectivity index (χ1v) is 15.0. The van der Waals surface area contributed by atoms with Crippen LogP contribution in [0, 0.1) is 5.82 Å². The topological polar surface area (TPSA) is 76.0 Å². The number of allylic oxidation sites excluding steroid dienone is 2. The molecule has 0 unspecified atom stereocenters. The molecule has 2 amide bonds. The zero-order chi connectivity index (χ0) is 30.7. The molecule has 0 atom stereocenters. The van der Waals surface area contributed by atoms with Gasteiger partial charge in [-0.2, -0.15) is 0 Å². The number of hydrogen-bond donors (Lipinski definition) is 1. The maximum absolute atomic E-state index is 14.4. The molecule has 0 saturated carbocycles. The minimum absolute atomic E-state index is 0.0450. The number of aromatic nitrogens is 1. The Morgan fingerprint density at radius 3 is 2.33 bits per heavy atom. The smallest absolute Gasteiger partial charge is 0.286 e. The summed E-state index contributed by atoms with van der Waals surface area (Å²) in [5.41, 5.74) is 5.92. The molecule has 226 valence electrons. The van der Waals surface area contributed by atoms with Gasteiger partial charge < -0.3 is 29.2 Å². The fraction of sp³-hybridized carbons (Fsp3) is 0.333. The summed E-state index contributed by atoms with van der Waals surface area (Å²) in [6.45, 7) is 5.39. The summed E-state index contributed by atoms with van der Waals surface area (Å²) < 4.78 is 27.8. The molecule has 1 fully saturated rings. The van der Waals surface area contributed by atoms with Crippen molar-refractivity contribution in [3.63, 3.8) is 0 Å². The second-order valence-electron chi connectivity index (χ2n) is 10.8. The molecule has 1 aliphatic heterocycles. The fourth-order valence-corrected chi connectivity index (χ4v) is 6.44. The lowest BCUT2D eigenvalue weighted by Gasteiger charge is -2.32. The van der Waals surface area contributed by atoms with E-state index in [1.165, 1.54) is 12.1 Å². The molecule has 43 heavy (non-hydrogen) atoms. The summed E-state index contributed by atoms with van der Waals surface area (Å²) in [5.74, 6) is 0.557. The minimum Gasteiger partial charge on any atom is -0.495 e. The highest BCUT2D eigenvalue weighted by atomic mass is 32.2. The minimum atomic E-state index is -0.357. The number of piperazine rings is 1. The number of nitrogens with zero attached hydrogens (tertiary/aromatic N) is 3. The van der Waals surface area contributed by atoms with Crippen molar-refractivity contribution in [2.75, 3.05) is 47.4 Å². The van der Waals surface area contributed by atoms with Crippen molar-refractivity contribution in [1.29, 1.82) is 0 Å². The van der Waals surface area contributed by atoms with Crippen molar-refractivity contribution in [2.45, 2.75) is 24.8 Å². The number of amides is 2. The lowest BCUT2D eigenvalue weighted by Crippen LogP contribution is -2.45. The summed E-state index contributed by atoms with van der Waals surface area (Å²) in [4.78, 5) is 30.8. The first kappa shape index (κ1) is 30.4. The molecule has 2 aliphatic rings. The van der Waals surface area contributed by atoms with Gasteiger partial charge in [0, 0.05) is 45.1 Å². The summed E-state index contributed by atoms with van der Waals surface area (Å²) in [6.07, 6.45) is 4.05. The van der Waals surface area contributed by atoms with E-state index in [1.54, 1.807) is 20.3 Å². The van der Waals surface area contributed by atoms with Crippen LogP contribution in [0.25, 0.3) is 17.2 Å². The van der Waals surface area contributed by atoms with Gasteiger partial charge in [-0.05, 0) is 102 Å².